The second-order valence-electron chi connectivity index (χ2n) is 6.07. The summed E-state index contributed by atoms with van der Waals surface area (Å²) in [4.78, 5) is 8.47. The van der Waals surface area contributed by atoms with Gasteiger partial charge in [-0.1, -0.05) is 46.1 Å². The number of rotatable bonds is 4. The summed E-state index contributed by atoms with van der Waals surface area (Å²) in [5.41, 5.74) is 0.612. The topological polar surface area (TPSA) is 43.1 Å². The third-order valence-electron chi connectivity index (χ3n) is 3.37. The fourth-order valence-corrected chi connectivity index (χ4v) is 2.24. The SMILES string of the molecule is C=CC=N/C=C(\C=C)C1CC(F)c2nc(C(C)(C)C)nn21. The molecule has 0 radical (unpaired) electrons. The van der Waals surface area contributed by atoms with E-state index in [2.05, 4.69) is 28.2 Å². The number of hydrogen-bond acceptors (Lipinski definition) is 3. The number of allylic oxidation sites excluding steroid dienone is 3. The molecular weight excluding hydrogens is 267 g/mol. The Hall–Kier alpha value is -2.04. The zero-order chi connectivity index (χ0) is 15.6. The molecule has 5 heteroatoms. The van der Waals surface area contributed by atoms with Gasteiger partial charge >= 0.3 is 0 Å². The highest BCUT2D eigenvalue weighted by molar-refractivity contribution is 5.70. The summed E-state index contributed by atoms with van der Waals surface area (Å²) in [6.45, 7) is 13.4. The minimum Gasteiger partial charge on any atom is -0.264 e. The first-order valence-corrected chi connectivity index (χ1v) is 6.96. The van der Waals surface area contributed by atoms with Crippen LogP contribution in [-0.4, -0.2) is 21.0 Å². The van der Waals surface area contributed by atoms with Gasteiger partial charge in [0.05, 0.1) is 6.04 Å². The van der Waals surface area contributed by atoms with Crippen LogP contribution in [0.15, 0.2) is 42.1 Å². The quantitative estimate of drug-likeness (QED) is 0.623. The third kappa shape index (κ3) is 3.01. The Morgan fingerprint density at radius 2 is 2.14 bits per heavy atom. The number of alkyl halides is 1. The van der Waals surface area contributed by atoms with Crippen molar-refractivity contribution in [2.75, 3.05) is 0 Å². The van der Waals surface area contributed by atoms with Crippen LogP contribution in [0.2, 0.25) is 0 Å². The molecule has 4 nitrogen and oxygen atoms in total. The Bertz CT molecular complexity index is 604. The predicted octanol–water partition coefficient (Wildman–Crippen LogP) is 3.86. The molecule has 1 aromatic rings. The van der Waals surface area contributed by atoms with E-state index in [1.54, 1.807) is 29.2 Å². The molecule has 1 aromatic heterocycles. The first-order chi connectivity index (χ1) is 9.88. The molecule has 0 spiro atoms. The molecule has 0 saturated carbocycles. The average molecular weight is 288 g/mol. The maximum atomic E-state index is 14.2. The van der Waals surface area contributed by atoms with Gasteiger partial charge in [0.2, 0.25) is 0 Å². The van der Waals surface area contributed by atoms with Crippen LogP contribution < -0.4 is 0 Å². The smallest absolute Gasteiger partial charge is 0.162 e. The lowest BCUT2D eigenvalue weighted by Crippen LogP contribution is -2.16. The standard InChI is InChI=1S/C16H21FN4/c1-6-8-18-10-11(7-2)13-9-12(17)14-19-15(16(3,4)5)20-21(13)14/h6-8,10,12-13H,1-2,9H2,3-5H3/b11-10+,18-8?. The lowest BCUT2D eigenvalue weighted by atomic mass is 9.96. The first-order valence-electron chi connectivity index (χ1n) is 6.96. The van der Waals surface area contributed by atoms with Gasteiger partial charge in [-0.3, -0.25) is 4.99 Å². The van der Waals surface area contributed by atoms with Gasteiger partial charge < -0.3 is 0 Å². The summed E-state index contributed by atoms with van der Waals surface area (Å²) in [6.07, 6.45) is 5.73. The van der Waals surface area contributed by atoms with E-state index in [4.69, 9.17) is 0 Å². The van der Waals surface area contributed by atoms with Gasteiger partial charge in [-0.15, -0.1) is 0 Å². The lowest BCUT2D eigenvalue weighted by molar-refractivity contribution is 0.326. The minimum atomic E-state index is -1.11. The molecular formula is C16H21FN4. The van der Waals surface area contributed by atoms with Crippen LogP contribution in [0.4, 0.5) is 4.39 Å². The average Bonchev–Trinajstić information content (AvgIpc) is 2.96. The Labute approximate surface area is 124 Å². The molecule has 21 heavy (non-hydrogen) atoms. The van der Waals surface area contributed by atoms with E-state index in [-0.39, 0.29) is 11.5 Å². The highest BCUT2D eigenvalue weighted by atomic mass is 19.1. The van der Waals surface area contributed by atoms with Gasteiger partial charge in [0, 0.05) is 24.3 Å². The van der Waals surface area contributed by atoms with Crippen LogP contribution in [0.25, 0.3) is 0 Å². The van der Waals surface area contributed by atoms with Crippen molar-refractivity contribution in [3.8, 4) is 0 Å². The summed E-state index contributed by atoms with van der Waals surface area (Å²) < 4.78 is 15.9. The van der Waals surface area contributed by atoms with Crippen LogP contribution in [0.5, 0.6) is 0 Å². The fourth-order valence-electron chi connectivity index (χ4n) is 2.24. The van der Waals surface area contributed by atoms with Crippen molar-refractivity contribution in [1.82, 2.24) is 14.8 Å². The first kappa shape index (κ1) is 15.4. The molecule has 0 aliphatic carbocycles. The van der Waals surface area contributed by atoms with Crippen LogP contribution >= 0.6 is 0 Å². The van der Waals surface area contributed by atoms with Gasteiger partial charge in [0.1, 0.15) is 0 Å². The summed E-state index contributed by atoms with van der Waals surface area (Å²) in [7, 11) is 0. The molecule has 0 N–H and O–H groups in total. The van der Waals surface area contributed by atoms with E-state index in [9.17, 15) is 4.39 Å². The minimum absolute atomic E-state index is 0.208. The van der Waals surface area contributed by atoms with Crippen molar-refractivity contribution in [1.29, 1.82) is 0 Å². The molecule has 1 aliphatic heterocycles. The van der Waals surface area contributed by atoms with Gasteiger partial charge in [-0.05, 0) is 5.57 Å². The normalized spacial score (nSPS) is 22.6. The van der Waals surface area contributed by atoms with E-state index < -0.39 is 6.17 Å². The van der Waals surface area contributed by atoms with Gasteiger partial charge in [0.25, 0.3) is 0 Å². The van der Waals surface area contributed by atoms with Crippen molar-refractivity contribution in [2.24, 2.45) is 4.99 Å². The third-order valence-corrected chi connectivity index (χ3v) is 3.37. The van der Waals surface area contributed by atoms with Crippen LogP contribution in [0, 0.1) is 0 Å². The molecule has 2 rings (SSSR count). The maximum absolute atomic E-state index is 14.2. The molecule has 0 amide bonds. The molecule has 2 atom stereocenters. The van der Waals surface area contributed by atoms with Gasteiger partial charge in [-0.2, -0.15) is 5.10 Å². The molecule has 0 saturated heterocycles. The zero-order valence-electron chi connectivity index (χ0n) is 12.8. The van der Waals surface area contributed by atoms with E-state index in [1.807, 2.05) is 20.8 Å². The van der Waals surface area contributed by atoms with Crippen molar-refractivity contribution in [3.63, 3.8) is 0 Å². The maximum Gasteiger partial charge on any atom is 0.162 e. The molecule has 0 aromatic carbocycles. The Balaban J connectivity index is 2.40. The number of nitrogens with zero attached hydrogens (tertiary/aromatic N) is 4. The molecule has 0 bridgehead atoms. The molecule has 2 unspecified atom stereocenters. The summed E-state index contributed by atoms with van der Waals surface area (Å²) in [5.74, 6) is 1.05. The Morgan fingerprint density at radius 1 is 1.43 bits per heavy atom. The number of aliphatic imine (C=N–C) groups is 1. The van der Waals surface area contributed by atoms with E-state index in [0.29, 0.717) is 18.1 Å². The van der Waals surface area contributed by atoms with Crippen LogP contribution in [-0.2, 0) is 5.41 Å². The van der Waals surface area contributed by atoms with Crippen LogP contribution in [0.3, 0.4) is 0 Å². The largest absolute Gasteiger partial charge is 0.264 e. The summed E-state index contributed by atoms with van der Waals surface area (Å²) in [5, 5.41) is 4.50. The molecule has 0 fully saturated rings. The van der Waals surface area contributed by atoms with Crippen molar-refractivity contribution in [3.05, 3.63) is 48.7 Å². The lowest BCUT2D eigenvalue weighted by Gasteiger charge is -2.15. The second kappa shape index (κ2) is 5.76. The molecule has 2 heterocycles. The van der Waals surface area contributed by atoms with Gasteiger partial charge in [0.15, 0.2) is 17.8 Å². The van der Waals surface area contributed by atoms with Crippen LogP contribution in [0.1, 0.15) is 51.1 Å². The molecule has 112 valence electrons. The van der Waals surface area contributed by atoms with Crippen molar-refractivity contribution in [2.45, 2.75) is 44.8 Å². The monoisotopic (exact) mass is 288 g/mol. The van der Waals surface area contributed by atoms with Crippen molar-refractivity contribution >= 4 is 6.21 Å². The number of halogens is 1. The number of aromatic nitrogens is 3. The Kier molecular flexibility index (Phi) is 4.21. The van der Waals surface area contributed by atoms with E-state index in [1.165, 1.54) is 0 Å². The number of hydrogen-bond donors (Lipinski definition) is 0. The summed E-state index contributed by atoms with van der Waals surface area (Å²) in [6, 6.07) is -0.210. The van der Waals surface area contributed by atoms with E-state index >= 15 is 0 Å². The van der Waals surface area contributed by atoms with E-state index in [0.717, 1.165) is 5.57 Å². The Morgan fingerprint density at radius 3 is 2.71 bits per heavy atom. The van der Waals surface area contributed by atoms with Gasteiger partial charge in [-0.25, -0.2) is 14.1 Å². The summed E-state index contributed by atoms with van der Waals surface area (Å²) >= 11 is 0. The highest BCUT2D eigenvalue weighted by Gasteiger charge is 2.37. The second-order valence-corrected chi connectivity index (χ2v) is 6.07. The number of fused-ring (bicyclic) bond motifs is 1. The fraction of sp³-hybridized carbons (Fsp3) is 0.438. The van der Waals surface area contributed by atoms with Crippen molar-refractivity contribution < 1.29 is 4.39 Å². The predicted molar refractivity (Wildman–Crippen MR) is 83.2 cm³/mol. The zero-order valence-corrected chi connectivity index (χ0v) is 12.8. The molecule has 1 aliphatic rings. The highest BCUT2D eigenvalue weighted by Crippen LogP contribution is 2.40.